The number of fused-ring (bicyclic) bond motifs is 1. The normalized spacial score (nSPS) is 27.2. The molecule has 1 atom stereocenters. The standard InChI is InChI=1S/C11H16N2/c1-2-8-6-12-7-10(8)11(3-1)13-9-4-5-9/h6-7,9,11-13H,1-5H2. The van der Waals surface area contributed by atoms with Gasteiger partial charge in [0.1, 0.15) is 0 Å². The Labute approximate surface area is 78.7 Å². The predicted octanol–water partition coefficient (Wildman–Crippen LogP) is 2.14. The number of aryl methyl sites for hydroxylation is 1. The van der Waals surface area contributed by atoms with Gasteiger partial charge in [0.15, 0.2) is 0 Å². The lowest BCUT2D eigenvalue weighted by Crippen LogP contribution is -2.26. The number of hydrogen-bond acceptors (Lipinski definition) is 1. The third-order valence-corrected chi connectivity index (χ3v) is 3.20. The van der Waals surface area contributed by atoms with E-state index in [0.717, 1.165) is 6.04 Å². The number of H-pyrrole nitrogens is 1. The smallest absolute Gasteiger partial charge is 0.0340 e. The second-order valence-corrected chi connectivity index (χ2v) is 4.32. The van der Waals surface area contributed by atoms with E-state index in [0.29, 0.717) is 6.04 Å². The van der Waals surface area contributed by atoms with E-state index in [1.54, 1.807) is 0 Å². The fourth-order valence-corrected chi connectivity index (χ4v) is 2.31. The zero-order valence-corrected chi connectivity index (χ0v) is 7.84. The molecule has 0 aromatic carbocycles. The maximum absolute atomic E-state index is 3.72. The highest BCUT2D eigenvalue weighted by Crippen LogP contribution is 2.32. The molecule has 1 unspecified atom stereocenters. The minimum Gasteiger partial charge on any atom is -0.367 e. The van der Waals surface area contributed by atoms with Gasteiger partial charge >= 0.3 is 0 Å². The molecule has 13 heavy (non-hydrogen) atoms. The summed E-state index contributed by atoms with van der Waals surface area (Å²) in [4.78, 5) is 3.22. The number of hydrogen-bond donors (Lipinski definition) is 2. The van der Waals surface area contributed by atoms with E-state index in [-0.39, 0.29) is 0 Å². The maximum Gasteiger partial charge on any atom is 0.0340 e. The molecule has 2 heteroatoms. The zero-order valence-electron chi connectivity index (χ0n) is 7.84. The van der Waals surface area contributed by atoms with Crippen molar-refractivity contribution in [3.63, 3.8) is 0 Å². The van der Waals surface area contributed by atoms with Crippen LogP contribution in [0, 0.1) is 0 Å². The van der Waals surface area contributed by atoms with Crippen molar-refractivity contribution in [1.82, 2.24) is 10.3 Å². The molecule has 0 spiro atoms. The van der Waals surface area contributed by atoms with Gasteiger partial charge in [-0.2, -0.15) is 0 Å². The summed E-state index contributed by atoms with van der Waals surface area (Å²) in [5.41, 5.74) is 3.06. The van der Waals surface area contributed by atoms with Gasteiger partial charge in [-0.3, -0.25) is 0 Å². The van der Waals surface area contributed by atoms with Gasteiger partial charge in [-0.15, -0.1) is 0 Å². The van der Waals surface area contributed by atoms with Crippen LogP contribution in [-0.2, 0) is 6.42 Å². The first-order valence-electron chi connectivity index (χ1n) is 5.35. The number of nitrogens with one attached hydrogen (secondary N) is 2. The highest BCUT2D eigenvalue weighted by molar-refractivity contribution is 5.29. The van der Waals surface area contributed by atoms with Crippen LogP contribution in [0.15, 0.2) is 12.4 Å². The highest BCUT2D eigenvalue weighted by atomic mass is 15.0. The summed E-state index contributed by atoms with van der Waals surface area (Å²) in [6.45, 7) is 0. The third kappa shape index (κ3) is 1.39. The Balaban J connectivity index is 1.81. The van der Waals surface area contributed by atoms with Crippen LogP contribution in [0.5, 0.6) is 0 Å². The summed E-state index contributed by atoms with van der Waals surface area (Å²) < 4.78 is 0. The fourth-order valence-electron chi connectivity index (χ4n) is 2.31. The molecule has 0 aliphatic heterocycles. The van der Waals surface area contributed by atoms with Gasteiger partial charge < -0.3 is 10.3 Å². The monoisotopic (exact) mass is 176 g/mol. The van der Waals surface area contributed by atoms with E-state index in [1.807, 2.05) is 0 Å². The Kier molecular flexibility index (Phi) is 1.69. The van der Waals surface area contributed by atoms with Crippen molar-refractivity contribution in [3.8, 4) is 0 Å². The van der Waals surface area contributed by atoms with Crippen molar-refractivity contribution in [2.45, 2.75) is 44.2 Å². The fraction of sp³-hybridized carbons (Fsp3) is 0.636. The second kappa shape index (κ2) is 2.88. The molecule has 2 N–H and O–H groups in total. The quantitative estimate of drug-likeness (QED) is 0.710. The van der Waals surface area contributed by atoms with Crippen molar-refractivity contribution in [2.24, 2.45) is 0 Å². The minimum atomic E-state index is 0.641. The number of aromatic amines is 1. The summed E-state index contributed by atoms with van der Waals surface area (Å²) in [6.07, 6.45) is 11.0. The molecule has 2 aliphatic rings. The Morgan fingerprint density at radius 1 is 1.23 bits per heavy atom. The van der Waals surface area contributed by atoms with E-state index in [9.17, 15) is 0 Å². The lowest BCUT2D eigenvalue weighted by molar-refractivity contribution is 0.459. The van der Waals surface area contributed by atoms with Crippen molar-refractivity contribution in [1.29, 1.82) is 0 Å². The van der Waals surface area contributed by atoms with E-state index >= 15 is 0 Å². The molecular weight excluding hydrogens is 160 g/mol. The Morgan fingerprint density at radius 3 is 3.00 bits per heavy atom. The molecule has 1 fully saturated rings. The Bertz CT molecular complexity index is 299. The van der Waals surface area contributed by atoms with Crippen LogP contribution in [0.2, 0.25) is 0 Å². The van der Waals surface area contributed by atoms with Gasteiger partial charge in [-0.1, -0.05) is 0 Å². The molecule has 1 heterocycles. The third-order valence-electron chi connectivity index (χ3n) is 3.20. The van der Waals surface area contributed by atoms with Crippen molar-refractivity contribution >= 4 is 0 Å². The summed E-state index contributed by atoms with van der Waals surface area (Å²) in [6, 6.07) is 1.47. The molecule has 1 saturated carbocycles. The first-order valence-corrected chi connectivity index (χ1v) is 5.35. The Morgan fingerprint density at radius 2 is 2.15 bits per heavy atom. The minimum absolute atomic E-state index is 0.641. The van der Waals surface area contributed by atoms with Gasteiger partial charge in [0.05, 0.1) is 0 Å². The molecule has 2 nitrogen and oxygen atoms in total. The molecule has 0 amide bonds. The van der Waals surface area contributed by atoms with Crippen LogP contribution < -0.4 is 5.32 Å². The zero-order chi connectivity index (χ0) is 8.67. The molecule has 1 aromatic heterocycles. The lowest BCUT2D eigenvalue weighted by atomic mass is 9.91. The summed E-state index contributed by atoms with van der Waals surface area (Å²) in [7, 11) is 0. The van der Waals surface area contributed by atoms with Crippen LogP contribution in [0.25, 0.3) is 0 Å². The van der Waals surface area contributed by atoms with Gasteiger partial charge in [-0.05, 0) is 43.2 Å². The molecule has 0 bridgehead atoms. The van der Waals surface area contributed by atoms with Gasteiger partial charge in [-0.25, -0.2) is 0 Å². The number of aromatic nitrogens is 1. The number of rotatable bonds is 2. The first kappa shape index (κ1) is 7.63. The molecule has 1 aromatic rings. The molecule has 2 aliphatic carbocycles. The summed E-state index contributed by atoms with van der Waals surface area (Å²) >= 11 is 0. The largest absolute Gasteiger partial charge is 0.367 e. The second-order valence-electron chi connectivity index (χ2n) is 4.32. The summed E-state index contributed by atoms with van der Waals surface area (Å²) in [5.74, 6) is 0. The van der Waals surface area contributed by atoms with Crippen molar-refractivity contribution in [3.05, 3.63) is 23.5 Å². The van der Waals surface area contributed by atoms with E-state index in [4.69, 9.17) is 0 Å². The molecular formula is C11H16N2. The van der Waals surface area contributed by atoms with E-state index in [1.165, 1.54) is 43.2 Å². The van der Waals surface area contributed by atoms with E-state index < -0.39 is 0 Å². The van der Waals surface area contributed by atoms with Gasteiger partial charge in [0.2, 0.25) is 0 Å². The molecule has 70 valence electrons. The first-order chi connectivity index (χ1) is 6.43. The van der Waals surface area contributed by atoms with Crippen molar-refractivity contribution < 1.29 is 0 Å². The average Bonchev–Trinajstić information content (AvgIpc) is 2.83. The summed E-state index contributed by atoms with van der Waals surface area (Å²) in [5, 5.41) is 3.72. The average molecular weight is 176 g/mol. The van der Waals surface area contributed by atoms with Crippen LogP contribution in [0.4, 0.5) is 0 Å². The lowest BCUT2D eigenvalue weighted by Gasteiger charge is -2.23. The predicted molar refractivity (Wildman–Crippen MR) is 52.6 cm³/mol. The molecule has 0 saturated heterocycles. The van der Waals surface area contributed by atoms with Crippen LogP contribution >= 0.6 is 0 Å². The molecule has 3 rings (SSSR count). The maximum atomic E-state index is 3.72. The topological polar surface area (TPSA) is 27.8 Å². The van der Waals surface area contributed by atoms with E-state index in [2.05, 4.69) is 22.7 Å². The van der Waals surface area contributed by atoms with Crippen LogP contribution in [0.1, 0.15) is 42.9 Å². The van der Waals surface area contributed by atoms with Crippen LogP contribution in [0.3, 0.4) is 0 Å². The Hall–Kier alpha value is -0.760. The van der Waals surface area contributed by atoms with Crippen LogP contribution in [-0.4, -0.2) is 11.0 Å². The molecule has 0 radical (unpaired) electrons. The SMILES string of the molecule is c1[nH]cc2c1CCCC2NC1CC1. The van der Waals surface area contributed by atoms with Crippen molar-refractivity contribution in [2.75, 3.05) is 0 Å². The highest BCUT2D eigenvalue weighted by Gasteiger charge is 2.28. The van der Waals surface area contributed by atoms with Gasteiger partial charge in [0.25, 0.3) is 0 Å². The van der Waals surface area contributed by atoms with Gasteiger partial charge in [0, 0.05) is 24.5 Å².